The Balaban J connectivity index is 1.52. The van der Waals surface area contributed by atoms with Crippen molar-refractivity contribution in [2.75, 3.05) is 10.6 Å². The number of hydrogen-bond donors (Lipinski definition) is 3. The van der Waals surface area contributed by atoms with E-state index in [-0.39, 0.29) is 38.0 Å². The Kier molecular flexibility index (Phi) is 7.96. The number of halogens is 2. The standard InChI is InChI=1S/C30H32F2N4O2/c1-18-12-19(2)28(20(3)13-18)36-29(38)35-25-15-23-7-5-4-6-22(23)14-24(25)16-27(37)34-26(17-33)21-8-10-30(31,32)11-9-21/h4-7,12-15,21,26H,8-11,16H2,1-3H3,(H,34,37)(H2,35,36,38)/t26-/m1/s1. The molecule has 0 unspecified atom stereocenters. The topological polar surface area (TPSA) is 94.0 Å². The molecule has 3 aromatic carbocycles. The van der Waals surface area contributed by atoms with E-state index in [1.807, 2.05) is 69.3 Å². The molecule has 8 heteroatoms. The van der Waals surface area contributed by atoms with Crippen molar-refractivity contribution in [3.8, 4) is 6.07 Å². The lowest BCUT2D eigenvalue weighted by Gasteiger charge is -2.31. The van der Waals surface area contributed by atoms with E-state index in [4.69, 9.17) is 0 Å². The van der Waals surface area contributed by atoms with Gasteiger partial charge in [0.25, 0.3) is 0 Å². The molecule has 0 aliphatic heterocycles. The van der Waals surface area contributed by atoms with Crippen LogP contribution in [0.25, 0.3) is 10.8 Å². The van der Waals surface area contributed by atoms with Crippen molar-refractivity contribution >= 4 is 34.1 Å². The molecule has 1 fully saturated rings. The zero-order valence-corrected chi connectivity index (χ0v) is 21.8. The van der Waals surface area contributed by atoms with E-state index in [0.717, 1.165) is 33.2 Å². The number of hydrogen-bond acceptors (Lipinski definition) is 3. The van der Waals surface area contributed by atoms with E-state index in [1.54, 1.807) is 0 Å². The van der Waals surface area contributed by atoms with Gasteiger partial charge in [-0.2, -0.15) is 5.26 Å². The molecule has 198 valence electrons. The molecule has 0 bridgehead atoms. The summed E-state index contributed by atoms with van der Waals surface area (Å²) in [5.74, 6) is -3.43. The number of nitrogens with zero attached hydrogens (tertiary/aromatic N) is 1. The zero-order chi connectivity index (χ0) is 27.4. The van der Waals surface area contributed by atoms with Crippen molar-refractivity contribution < 1.29 is 18.4 Å². The maximum absolute atomic E-state index is 13.6. The Bertz CT molecular complexity index is 1380. The third-order valence-electron chi connectivity index (χ3n) is 7.18. The third-order valence-corrected chi connectivity index (χ3v) is 7.18. The summed E-state index contributed by atoms with van der Waals surface area (Å²) in [7, 11) is 0. The lowest BCUT2D eigenvalue weighted by molar-refractivity contribution is -0.121. The second kappa shape index (κ2) is 11.2. The molecule has 0 saturated heterocycles. The number of benzene rings is 3. The van der Waals surface area contributed by atoms with E-state index in [2.05, 4.69) is 22.0 Å². The number of rotatable bonds is 6. The van der Waals surface area contributed by atoms with Gasteiger partial charge in [-0.15, -0.1) is 0 Å². The molecule has 3 N–H and O–H groups in total. The maximum atomic E-state index is 13.6. The predicted molar refractivity (Wildman–Crippen MR) is 145 cm³/mol. The first-order valence-corrected chi connectivity index (χ1v) is 12.8. The molecule has 1 aliphatic rings. The number of nitriles is 1. The Morgan fingerprint density at radius 3 is 2.21 bits per heavy atom. The summed E-state index contributed by atoms with van der Waals surface area (Å²) in [5, 5.41) is 20.0. The van der Waals surface area contributed by atoms with Crippen molar-refractivity contribution in [1.82, 2.24) is 5.32 Å². The predicted octanol–water partition coefficient (Wildman–Crippen LogP) is 6.79. The highest BCUT2D eigenvalue weighted by molar-refractivity contribution is 6.03. The highest BCUT2D eigenvalue weighted by Gasteiger charge is 2.38. The molecule has 1 aliphatic carbocycles. The minimum absolute atomic E-state index is 0.0793. The second-order valence-corrected chi connectivity index (χ2v) is 10.3. The summed E-state index contributed by atoms with van der Waals surface area (Å²) in [6, 6.07) is 16.1. The maximum Gasteiger partial charge on any atom is 0.323 e. The number of fused-ring (bicyclic) bond motifs is 1. The molecule has 1 saturated carbocycles. The summed E-state index contributed by atoms with van der Waals surface area (Å²) in [5.41, 5.74) is 4.78. The average molecular weight is 519 g/mol. The molecule has 0 radical (unpaired) electrons. The third kappa shape index (κ3) is 6.46. The molecule has 4 rings (SSSR count). The molecule has 3 amide bonds. The van der Waals surface area contributed by atoms with Crippen LogP contribution < -0.4 is 16.0 Å². The highest BCUT2D eigenvalue weighted by atomic mass is 19.3. The van der Waals surface area contributed by atoms with Crippen LogP contribution in [-0.2, 0) is 11.2 Å². The molecule has 1 atom stereocenters. The number of anilines is 2. The van der Waals surface area contributed by atoms with Crippen molar-refractivity contribution in [3.05, 3.63) is 70.8 Å². The van der Waals surface area contributed by atoms with Crippen LogP contribution in [0.15, 0.2) is 48.5 Å². The lowest BCUT2D eigenvalue weighted by atomic mass is 9.82. The number of amides is 3. The van der Waals surface area contributed by atoms with Crippen LogP contribution in [0.3, 0.4) is 0 Å². The molecule has 6 nitrogen and oxygen atoms in total. The Morgan fingerprint density at radius 1 is 1.00 bits per heavy atom. The van der Waals surface area contributed by atoms with Gasteiger partial charge in [-0.05, 0) is 79.1 Å². The van der Waals surface area contributed by atoms with Gasteiger partial charge in [0, 0.05) is 24.2 Å². The van der Waals surface area contributed by atoms with Gasteiger partial charge in [0.2, 0.25) is 11.8 Å². The first kappa shape index (κ1) is 27.1. The Labute approximate surface area is 221 Å². The SMILES string of the molecule is Cc1cc(C)c(NC(=O)Nc2cc3ccccc3cc2CC(=O)N[C@H](C#N)C2CCC(F)(F)CC2)c(C)c1. The molecule has 0 heterocycles. The van der Waals surface area contributed by atoms with Crippen molar-refractivity contribution in [1.29, 1.82) is 5.26 Å². The van der Waals surface area contributed by atoms with E-state index in [9.17, 15) is 23.6 Å². The number of alkyl halides is 2. The fraction of sp³-hybridized carbons (Fsp3) is 0.367. The number of aryl methyl sites for hydroxylation is 3. The first-order chi connectivity index (χ1) is 18.0. The second-order valence-electron chi connectivity index (χ2n) is 10.3. The molecule has 0 aromatic heterocycles. The molecule has 38 heavy (non-hydrogen) atoms. The fourth-order valence-corrected chi connectivity index (χ4v) is 5.24. The van der Waals surface area contributed by atoms with Crippen LogP contribution in [0.1, 0.15) is 47.9 Å². The summed E-state index contributed by atoms with van der Waals surface area (Å²) < 4.78 is 27.1. The van der Waals surface area contributed by atoms with E-state index in [0.29, 0.717) is 11.3 Å². The van der Waals surface area contributed by atoms with Crippen molar-refractivity contribution in [2.24, 2.45) is 5.92 Å². The van der Waals surface area contributed by atoms with Gasteiger partial charge >= 0.3 is 6.03 Å². The van der Waals surface area contributed by atoms with Crippen LogP contribution in [0.2, 0.25) is 0 Å². The van der Waals surface area contributed by atoms with Gasteiger partial charge in [0.05, 0.1) is 12.5 Å². The summed E-state index contributed by atoms with van der Waals surface area (Å²) >= 11 is 0. The Morgan fingerprint density at radius 2 is 1.61 bits per heavy atom. The fourth-order valence-electron chi connectivity index (χ4n) is 5.24. The quantitative estimate of drug-likeness (QED) is 0.336. The van der Waals surface area contributed by atoms with Gasteiger partial charge in [0.1, 0.15) is 6.04 Å². The summed E-state index contributed by atoms with van der Waals surface area (Å²) in [4.78, 5) is 26.0. The average Bonchev–Trinajstić information content (AvgIpc) is 2.85. The lowest BCUT2D eigenvalue weighted by Crippen LogP contribution is -2.42. The van der Waals surface area contributed by atoms with Crippen molar-refractivity contribution in [3.63, 3.8) is 0 Å². The van der Waals surface area contributed by atoms with Gasteiger partial charge < -0.3 is 16.0 Å². The van der Waals surface area contributed by atoms with Crippen LogP contribution in [-0.4, -0.2) is 23.9 Å². The number of carbonyl (C=O) groups excluding carboxylic acids is 2. The monoisotopic (exact) mass is 518 g/mol. The van der Waals surface area contributed by atoms with Crippen LogP contribution in [0, 0.1) is 38.0 Å². The first-order valence-electron chi connectivity index (χ1n) is 12.8. The number of carbonyl (C=O) groups is 2. The smallest absolute Gasteiger partial charge is 0.323 e. The van der Waals surface area contributed by atoms with Gasteiger partial charge in [0.15, 0.2) is 0 Å². The van der Waals surface area contributed by atoms with E-state index >= 15 is 0 Å². The molecule has 3 aromatic rings. The molecule has 0 spiro atoms. The number of urea groups is 1. The Hall–Kier alpha value is -3.99. The normalized spacial score (nSPS) is 15.9. The van der Waals surface area contributed by atoms with Crippen LogP contribution >= 0.6 is 0 Å². The van der Waals surface area contributed by atoms with Crippen molar-refractivity contribution in [2.45, 2.75) is 64.8 Å². The van der Waals surface area contributed by atoms with Gasteiger partial charge in [-0.25, -0.2) is 13.6 Å². The largest absolute Gasteiger partial charge is 0.340 e. The summed E-state index contributed by atoms with van der Waals surface area (Å²) in [6.07, 6.45) is -0.262. The van der Waals surface area contributed by atoms with Crippen LogP contribution in [0.4, 0.5) is 25.0 Å². The van der Waals surface area contributed by atoms with Crippen LogP contribution in [0.5, 0.6) is 0 Å². The zero-order valence-electron chi connectivity index (χ0n) is 21.8. The molecular weight excluding hydrogens is 486 g/mol. The summed E-state index contributed by atoms with van der Waals surface area (Å²) in [6.45, 7) is 5.86. The van der Waals surface area contributed by atoms with Gasteiger partial charge in [-0.1, -0.05) is 42.0 Å². The minimum Gasteiger partial charge on any atom is -0.340 e. The van der Waals surface area contributed by atoms with E-state index in [1.165, 1.54) is 0 Å². The minimum atomic E-state index is -2.71. The van der Waals surface area contributed by atoms with E-state index < -0.39 is 23.9 Å². The molecular formula is C30H32F2N4O2. The number of nitrogens with one attached hydrogen (secondary N) is 3. The van der Waals surface area contributed by atoms with Gasteiger partial charge in [-0.3, -0.25) is 4.79 Å². The highest BCUT2D eigenvalue weighted by Crippen LogP contribution is 2.37.